The highest BCUT2D eigenvalue weighted by molar-refractivity contribution is 7.22. The monoisotopic (exact) mass is 307 g/mol. The van der Waals surface area contributed by atoms with Crippen LogP contribution in [0.15, 0.2) is 18.2 Å². The summed E-state index contributed by atoms with van der Waals surface area (Å²) in [5.41, 5.74) is 0.876. The maximum absolute atomic E-state index is 12.3. The van der Waals surface area contributed by atoms with Crippen LogP contribution in [-0.2, 0) is 4.79 Å². The Hall–Kier alpha value is -1.17. The van der Waals surface area contributed by atoms with E-state index in [0.717, 1.165) is 23.1 Å². The van der Waals surface area contributed by atoms with E-state index in [9.17, 15) is 4.79 Å². The highest BCUT2D eigenvalue weighted by atomic mass is 35.5. The summed E-state index contributed by atoms with van der Waals surface area (Å²) in [4.78, 5) is 16.8. The minimum absolute atomic E-state index is 0.0874. The van der Waals surface area contributed by atoms with E-state index in [1.807, 2.05) is 18.2 Å². The van der Waals surface area contributed by atoms with E-state index in [-0.39, 0.29) is 11.8 Å². The summed E-state index contributed by atoms with van der Waals surface area (Å²) < 4.78 is 0.999. The molecule has 0 radical (unpaired) electrons. The Balaban J connectivity index is 1.53. The molecule has 3 unspecified atom stereocenters. The number of amides is 1. The van der Waals surface area contributed by atoms with E-state index >= 15 is 0 Å². The Bertz CT molecular complexity index is 686. The van der Waals surface area contributed by atoms with Crippen LogP contribution >= 0.6 is 22.9 Å². The van der Waals surface area contributed by atoms with Crippen molar-refractivity contribution in [3.8, 4) is 0 Å². The molecule has 0 saturated carbocycles. The minimum atomic E-state index is 0.0874. The first-order valence-corrected chi connectivity index (χ1v) is 8.01. The summed E-state index contributed by atoms with van der Waals surface area (Å²) in [5, 5.41) is 7.80. The molecule has 20 heavy (non-hydrogen) atoms. The molecule has 104 valence electrons. The van der Waals surface area contributed by atoms with Crippen LogP contribution in [0, 0.1) is 5.92 Å². The lowest BCUT2D eigenvalue weighted by molar-refractivity contribution is -0.120. The van der Waals surface area contributed by atoms with Gasteiger partial charge in [-0.05, 0) is 37.5 Å². The molecule has 2 aliphatic heterocycles. The zero-order valence-corrected chi connectivity index (χ0v) is 12.3. The van der Waals surface area contributed by atoms with Gasteiger partial charge in [0, 0.05) is 17.1 Å². The number of nitrogens with one attached hydrogen (secondary N) is 2. The molecule has 2 saturated heterocycles. The van der Waals surface area contributed by atoms with Crippen molar-refractivity contribution in [3.05, 3.63) is 23.2 Å². The highest BCUT2D eigenvalue weighted by Gasteiger charge is 2.42. The van der Waals surface area contributed by atoms with E-state index in [0.29, 0.717) is 22.2 Å². The fraction of sp³-hybridized carbons (Fsp3) is 0.429. The van der Waals surface area contributed by atoms with Crippen LogP contribution in [0.2, 0.25) is 5.02 Å². The molecule has 1 aromatic heterocycles. The van der Waals surface area contributed by atoms with Crippen LogP contribution in [0.3, 0.4) is 0 Å². The van der Waals surface area contributed by atoms with Crippen LogP contribution in [-0.4, -0.2) is 23.0 Å². The molecule has 3 heterocycles. The van der Waals surface area contributed by atoms with Crippen LogP contribution in [0.1, 0.15) is 19.3 Å². The number of hydrogen-bond donors (Lipinski definition) is 2. The van der Waals surface area contributed by atoms with E-state index < -0.39 is 0 Å². The first kappa shape index (κ1) is 12.6. The maximum atomic E-state index is 12.3. The fourth-order valence-corrected chi connectivity index (χ4v) is 4.41. The molecule has 1 amide bonds. The summed E-state index contributed by atoms with van der Waals surface area (Å²) in [6.07, 6.45) is 3.26. The second kappa shape index (κ2) is 4.69. The van der Waals surface area contributed by atoms with Gasteiger partial charge in [-0.2, -0.15) is 0 Å². The zero-order valence-electron chi connectivity index (χ0n) is 10.7. The van der Waals surface area contributed by atoms with Gasteiger partial charge in [0.1, 0.15) is 0 Å². The Morgan fingerprint density at radius 3 is 3.10 bits per heavy atom. The van der Waals surface area contributed by atoms with Gasteiger partial charge in [-0.15, -0.1) is 0 Å². The standard InChI is InChI=1S/C14H14ClN3OS/c15-7-1-3-11-12(5-7)20-14(17-11)18-13(19)9-6-8-2-4-10(9)16-8/h1,3,5,8-10,16H,2,4,6H2,(H,17,18,19). The lowest BCUT2D eigenvalue weighted by atomic mass is 9.88. The quantitative estimate of drug-likeness (QED) is 0.896. The first-order valence-electron chi connectivity index (χ1n) is 6.82. The van der Waals surface area contributed by atoms with Crippen molar-refractivity contribution in [3.63, 3.8) is 0 Å². The van der Waals surface area contributed by atoms with Gasteiger partial charge in [-0.3, -0.25) is 4.79 Å². The van der Waals surface area contributed by atoms with Gasteiger partial charge in [0.2, 0.25) is 5.91 Å². The molecular weight excluding hydrogens is 294 g/mol. The number of halogens is 1. The lowest BCUT2D eigenvalue weighted by Crippen LogP contribution is -2.32. The molecule has 1 aromatic carbocycles. The third kappa shape index (κ3) is 2.10. The predicted molar refractivity (Wildman–Crippen MR) is 81.3 cm³/mol. The van der Waals surface area contributed by atoms with E-state index in [1.165, 1.54) is 17.8 Å². The van der Waals surface area contributed by atoms with Gasteiger partial charge in [0.15, 0.2) is 5.13 Å². The van der Waals surface area contributed by atoms with Gasteiger partial charge < -0.3 is 10.6 Å². The lowest BCUT2D eigenvalue weighted by Gasteiger charge is -2.18. The topological polar surface area (TPSA) is 54.0 Å². The molecule has 2 aromatic rings. The largest absolute Gasteiger partial charge is 0.310 e. The molecule has 4 nitrogen and oxygen atoms in total. The molecule has 2 N–H and O–H groups in total. The molecule has 2 aliphatic rings. The third-order valence-corrected chi connectivity index (χ3v) is 5.39. The summed E-state index contributed by atoms with van der Waals surface area (Å²) in [6.45, 7) is 0. The Labute approximate surface area is 125 Å². The van der Waals surface area contributed by atoms with Crippen LogP contribution in [0.4, 0.5) is 5.13 Å². The van der Waals surface area contributed by atoms with Crippen LogP contribution in [0.5, 0.6) is 0 Å². The van der Waals surface area contributed by atoms with Crippen LogP contribution < -0.4 is 10.6 Å². The van der Waals surface area contributed by atoms with Crippen molar-refractivity contribution in [1.82, 2.24) is 10.3 Å². The van der Waals surface area contributed by atoms with Gasteiger partial charge in [-0.25, -0.2) is 4.98 Å². The molecule has 4 rings (SSSR count). The molecular formula is C14H14ClN3OS. The summed E-state index contributed by atoms with van der Waals surface area (Å²) >= 11 is 7.43. The van der Waals surface area contributed by atoms with Crippen molar-refractivity contribution < 1.29 is 4.79 Å². The molecule has 0 spiro atoms. The smallest absolute Gasteiger partial charge is 0.230 e. The Morgan fingerprint density at radius 1 is 1.45 bits per heavy atom. The van der Waals surface area contributed by atoms with Crippen molar-refractivity contribution >= 4 is 44.2 Å². The summed E-state index contributed by atoms with van der Waals surface area (Å²) in [6, 6.07) is 6.45. The van der Waals surface area contributed by atoms with E-state index in [2.05, 4.69) is 15.6 Å². The summed E-state index contributed by atoms with van der Waals surface area (Å²) in [5.74, 6) is 0.180. The zero-order chi connectivity index (χ0) is 13.7. The Morgan fingerprint density at radius 2 is 2.35 bits per heavy atom. The number of thiazole rings is 1. The Kier molecular flexibility index (Phi) is 2.94. The number of anilines is 1. The second-order valence-corrected chi connectivity index (χ2v) is 6.98. The number of benzene rings is 1. The van der Waals surface area contributed by atoms with Gasteiger partial charge >= 0.3 is 0 Å². The normalized spacial score (nSPS) is 28.1. The molecule has 2 bridgehead atoms. The third-order valence-electron chi connectivity index (χ3n) is 4.22. The van der Waals surface area contributed by atoms with E-state index in [4.69, 9.17) is 11.6 Å². The minimum Gasteiger partial charge on any atom is -0.310 e. The first-order chi connectivity index (χ1) is 9.69. The average Bonchev–Trinajstić information content (AvgIpc) is 3.11. The van der Waals surface area contributed by atoms with Crippen LogP contribution in [0.25, 0.3) is 10.2 Å². The fourth-order valence-electron chi connectivity index (χ4n) is 3.26. The van der Waals surface area contributed by atoms with Crippen molar-refractivity contribution in [1.29, 1.82) is 0 Å². The number of nitrogens with zero attached hydrogens (tertiary/aromatic N) is 1. The van der Waals surface area contributed by atoms with Crippen molar-refractivity contribution in [2.45, 2.75) is 31.3 Å². The molecule has 6 heteroatoms. The van der Waals surface area contributed by atoms with Gasteiger partial charge in [0.05, 0.1) is 16.1 Å². The SMILES string of the molecule is O=C(Nc1nc2ccc(Cl)cc2s1)C1CC2CCC1N2. The number of aromatic nitrogens is 1. The number of hydrogen-bond acceptors (Lipinski definition) is 4. The second-order valence-electron chi connectivity index (χ2n) is 5.51. The van der Waals surface area contributed by atoms with Crippen molar-refractivity contribution in [2.75, 3.05) is 5.32 Å². The highest BCUT2D eigenvalue weighted by Crippen LogP contribution is 2.35. The van der Waals surface area contributed by atoms with E-state index in [1.54, 1.807) is 0 Å². The van der Waals surface area contributed by atoms with Crippen molar-refractivity contribution in [2.24, 2.45) is 5.92 Å². The average molecular weight is 308 g/mol. The number of fused-ring (bicyclic) bond motifs is 3. The molecule has 3 atom stereocenters. The summed E-state index contributed by atoms with van der Waals surface area (Å²) in [7, 11) is 0. The van der Waals surface area contributed by atoms with Gasteiger partial charge in [-0.1, -0.05) is 22.9 Å². The van der Waals surface area contributed by atoms with Gasteiger partial charge in [0.25, 0.3) is 0 Å². The molecule has 2 fully saturated rings. The number of carbonyl (C=O) groups excluding carboxylic acids is 1. The predicted octanol–water partition coefficient (Wildman–Crippen LogP) is 3.03. The molecule has 0 aliphatic carbocycles. The maximum Gasteiger partial charge on any atom is 0.230 e. The number of carbonyl (C=O) groups is 1. The number of rotatable bonds is 2.